The number of anilines is 7. The highest BCUT2D eigenvalue weighted by Gasteiger charge is 2.31. The van der Waals surface area contributed by atoms with Gasteiger partial charge in [0.1, 0.15) is 18.5 Å². The quantitative estimate of drug-likeness (QED) is 0.137. The Labute approximate surface area is 415 Å². The molecule has 6 aromatic heterocycles. The van der Waals surface area contributed by atoms with Gasteiger partial charge in [-0.25, -0.2) is 19.4 Å². The molecule has 0 atom stereocenters. The normalized spacial score (nSPS) is 12.7. The Balaban J connectivity index is 0.892. The zero-order valence-electron chi connectivity index (χ0n) is 38.8. The van der Waals surface area contributed by atoms with Crippen LogP contribution in [0.2, 0.25) is 0 Å². The molecule has 0 saturated carbocycles. The largest absolute Gasteiger partial charge is 0.366 e. The van der Waals surface area contributed by atoms with E-state index in [1.807, 2.05) is 35.0 Å². The van der Waals surface area contributed by atoms with Crippen molar-refractivity contribution in [2.24, 2.45) is 0 Å². The molecule has 9 aromatic carbocycles. The molecule has 1 aliphatic rings. The van der Waals surface area contributed by atoms with Gasteiger partial charge in [0.2, 0.25) is 11.6 Å². The van der Waals surface area contributed by atoms with Crippen molar-refractivity contribution in [1.82, 2.24) is 43.0 Å². The van der Waals surface area contributed by atoms with Crippen LogP contribution in [0, 0.1) is 0 Å². The van der Waals surface area contributed by atoms with Crippen molar-refractivity contribution >= 4 is 122 Å². The molecule has 344 valence electrons. The van der Waals surface area contributed by atoms with Crippen molar-refractivity contribution in [3.8, 4) is 17.2 Å². The predicted octanol–water partition coefficient (Wildman–Crippen LogP) is 13.8. The third-order valence-electron chi connectivity index (χ3n) is 14.5. The van der Waals surface area contributed by atoms with E-state index in [1.165, 1.54) is 21.5 Å². The number of rotatable bonds is 8. The van der Waals surface area contributed by atoms with Crippen molar-refractivity contribution < 1.29 is 0 Å². The van der Waals surface area contributed by atoms with Gasteiger partial charge in [0.05, 0.1) is 79.4 Å². The van der Waals surface area contributed by atoms with Crippen LogP contribution in [-0.4, -0.2) is 49.7 Å². The second kappa shape index (κ2) is 15.1. The molecule has 16 rings (SSSR count). The van der Waals surface area contributed by atoms with Gasteiger partial charge in [-0.3, -0.25) is 4.57 Å². The van der Waals surface area contributed by atoms with E-state index in [0.29, 0.717) is 24.0 Å². The molecule has 15 aromatic rings. The first-order valence-electron chi connectivity index (χ1n) is 24.3. The summed E-state index contributed by atoms with van der Waals surface area (Å²) in [4.78, 5) is 27.6. The van der Waals surface area contributed by atoms with E-state index in [9.17, 15) is 0 Å². The zero-order chi connectivity index (χ0) is 47.7. The number of nitrogens with zero attached hydrogens (tertiary/aromatic N) is 10. The number of nitrogens with one attached hydrogen (secondary N) is 3. The van der Waals surface area contributed by atoms with E-state index in [1.54, 1.807) is 6.33 Å². The number of hydrogen-bond acceptors (Lipinski definition) is 9. The topological polar surface area (TPSA) is 123 Å². The smallest absolute Gasteiger partial charge is 0.240 e. The fraction of sp³-hybridized carbons (Fsp3) is 0.0167. The van der Waals surface area contributed by atoms with Crippen LogP contribution in [0.15, 0.2) is 207 Å². The van der Waals surface area contributed by atoms with Crippen LogP contribution in [0.4, 0.5) is 39.9 Å². The van der Waals surface area contributed by atoms with Crippen LogP contribution < -0.4 is 20.9 Å². The van der Waals surface area contributed by atoms with Gasteiger partial charge >= 0.3 is 0 Å². The van der Waals surface area contributed by atoms with E-state index < -0.39 is 0 Å². The van der Waals surface area contributed by atoms with E-state index >= 15 is 0 Å². The van der Waals surface area contributed by atoms with E-state index in [4.69, 9.17) is 24.9 Å². The SMILES string of the molecule is c1ccc(Nc2cc(-n3c4ccccc4c4ccccc43)cc3c2N(c2nc4ncnc5nc(-n6cnc7cc(-n8c9ccccc9c9ccccc98)cc(Nc8ccccc8)c76)c6ccc2c6n45)CN3)cc1. The summed E-state index contributed by atoms with van der Waals surface area (Å²) in [6.07, 6.45) is 3.42. The van der Waals surface area contributed by atoms with Gasteiger partial charge < -0.3 is 30.0 Å². The molecule has 0 unspecified atom stereocenters. The summed E-state index contributed by atoms with van der Waals surface area (Å²) in [5, 5.41) is 18.0. The van der Waals surface area contributed by atoms with E-state index in [-0.39, 0.29) is 0 Å². The summed E-state index contributed by atoms with van der Waals surface area (Å²) in [6.45, 7) is 0.474. The standard InChI is InChI=1S/C60H39N13/c1-3-15-36(16-4-1)65-48-31-38(71-50-23-11-7-19-40(50)41-20-8-12-24-51(41)71)29-46-55(48)69(34-63-46)57-44-27-28-45-54(44)73-59(67-57)61-33-62-60(73)68-58(45)70-35-64-47-30-39(32-49(56(47)70)66-37-17-5-2-6-18-37)72-52-25-13-9-21-42(52)43-22-10-14-26-53(43)72/h1-34,64-66H,35H2. The molecule has 3 N–H and O–H groups in total. The first-order valence-corrected chi connectivity index (χ1v) is 24.3. The Morgan fingerprint density at radius 1 is 0.438 bits per heavy atom. The molecule has 13 heteroatoms. The summed E-state index contributed by atoms with van der Waals surface area (Å²) in [7, 11) is 0. The molecule has 13 nitrogen and oxygen atoms in total. The molecule has 0 spiro atoms. The second-order valence-corrected chi connectivity index (χ2v) is 18.5. The van der Waals surface area contributed by atoms with Gasteiger partial charge in [-0.15, -0.1) is 0 Å². The number of aromatic nitrogens is 9. The molecule has 0 radical (unpaired) electrons. The maximum Gasteiger partial charge on any atom is 0.240 e. The lowest BCUT2D eigenvalue weighted by molar-refractivity contribution is 0.968. The highest BCUT2D eigenvalue weighted by Crippen LogP contribution is 2.49. The number of fused-ring (bicyclic) bond motifs is 8. The van der Waals surface area contributed by atoms with Crippen molar-refractivity contribution in [3.05, 3.63) is 207 Å². The van der Waals surface area contributed by atoms with Crippen LogP contribution in [-0.2, 0) is 0 Å². The fourth-order valence-corrected chi connectivity index (χ4v) is 11.4. The Morgan fingerprint density at radius 2 is 0.932 bits per heavy atom. The fourth-order valence-electron chi connectivity index (χ4n) is 11.4. The minimum atomic E-state index is 0.474. The van der Waals surface area contributed by atoms with Gasteiger partial charge in [-0.1, -0.05) is 109 Å². The van der Waals surface area contributed by atoms with Gasteiger partial charge in [0.25, 0.3) is 0 Å². The molecule has 73 heavy (non-hydrogen) atoms. The number of imidazole rings is 1. The third kappa shape index (κ3) is 5.81. The maximum atomic E-state index is 5.33. The van der Waals surface area contributed by atoms with Crippen LogP contribution in [0.25, 0.3) is 99.7 Å². The summed E-state index contributed by atoms with van der Waals surface area (Å²) >= 11 is 0. The van der Waals surface area contributed by atoms with Crippen molar-refractivity contribution in [2.75, 3.05) is 27.5 Å². The third-order valence-corrected chi connectivity index (χ3v) is 14.5. The molecule has 0 fully saturated rings. The van der Waals surface area contributed by atoms with E-state index in [0.717, 1.165) is 101 Å². The van der Waals surface area contributed by atoms with Gasteiger partial charge in [-0.05, 0) is 84.9 Å². The molecule has 0 aliphatic carbocycles. The minimum absolute atomic E-state index is 0.474. The molecular weight excluding hydrogens is 903 g/mol. The number of benzene rings is 8. The summed E-state index contributed by atoms with van der Waals surface area (Å²) in [5.41, 5.74) is 14.9. The van der Waals surface area contributed by atoms with Crippen LogP contribution in [0.5, 0.6) is 0 Å². The zero-order valence-corrected chi connectivity index (χ0v) is 38.8. The van der Waals surface area contributed by atoms with Crippen LogP contribution in [0.3, 0.4) is 0 Å². The summed E-state index contributed by atoms with van der Waals surface area (Å²) < 4.78 is 8.75. The first kappa shape index (κ1) is 39.6. The predicted molar refractivity (Wildman–Crippen MR) is 295 cm³/mol. The van der Waals surface area contributed by atoms with E-state index in [2.05, 4.69) is 204 Å². The van der Waals surface area contributed by atoms with Crippen molar-refractivity contribution in [2.45, 2.75) is 0 Å². The molecule has 0 saturated heterocycles. The molecule has 0 amide bonds. The highest BCUT2D eigenvalue weighted by atomic mass is 15.3. The lowest BCUT2D eigenvalue weighted by atomic mass is 10.1. The lowest BCUT2D eigenvalue weighted by Crippen LogP contribution is -2.20. The van der Waals surface area contributed by atoms with Gasteiger partial charge in [0, 0.05) is 43.7 Å². The molecular formula is C60H39N13. The van der Waals surface area contributed by atoms with Gasteiger partial charge in [0.15, 0.2) is 5.82 Å². The first-order chi connectivity index (χ1) is 36.2. The van der Waals surface area contributed by atoms with Crippen LogP contribution >= 0.6 is 0 Å². The maximum absolute atomic E-state index is 5.33. The average Bonchev–Trinajstić information content (AvgIpc) is 4.31. The monoisotopic (exact) mass is 941 g/mol. The molecule has 7 heterocycles. The summed E-state index contributed by atoms with van der Waals surface area (Å²) in [5.74, 6) is 2.43. The lowest BCUT2D eigenvalue weighted by Gasteiger charge is -2.23. The Hall–Kier alpha value is -10.3. The van der Waals surface area contributed by atoms with Crippen molar-refractivity contribution in [3.63, 3.8) is 0 Å². The molecule has 1 aliphatic heterocycles. The Morgan fingerprint density at radius 3 is 1.52 bits per heavy atom. The Kier molecular flexibility index (Phi) is 8.19. The highest BCUT2D eigenvalue weighted by molar-refractivity contribution is 6.13. The van der Waals surface area contributed by atoms with Crippen molar-refractivity contribution in [1.29, 1.82) is 0 Å². The Bertz CT molecular complexity index is 4600. The molecule has 0 bridgehead atoms. The second-order valence-electron chi connectivity index (χ2n) is 18.5. The minimum Gasteiger partial charge on any atom is -0.366 e. The van der Waals surface area contributed by atoms with Gasteiger partial charge in [-0.2, -0.15) is 9.97 Å². The number of hydrogen-bond donors (Lipinski definition) is 3. The van der Waals surface area contributed by atoms with Crippen LogP contribution in [0.1, 0.15) is 0 Å². The number of para-hydroxylation sites is 6. The average molecular weight is 942 g/mol. The summed E-state index contributed by atoms with van der Waals surface area (Å²) in [6, 6.07) is 68.1.